The van der Waals surface area contributed by atoms with Crippen molar-refractivity contribution >= 4 is 5.82 Å². The van der Waals surface area contributed by atoms with Crippen LogP contribution >= 0.6 is 0 Å². The molecule has 1 fully saturated rings. The number of anilines is 1. The molecule has 3 nitrogen and oxygen atoms in total. The highest BCUT2D eigenvalue weighted by molar-refractivity contribution is 5.36. The highest BCUT2D eigenvalue weighted by Crippen LogP contribution is 2.34. The minimum atomic E-state index is 0.460. The molecule has 1 aromatic rings. The van der Waals surface area contributed by atoms with Gasteiger partial charge in [-0.1, -0.05) is 33.6 Å². The molecule has 0 amide bonds. The van der Waals surface area contributed by atoms with Gasteiger partial charge in [0.25, 0.3) is 0 Å². The van der Waals surface area contributed by atoms with Crippen molar-refractivity contribution < 1.29 is 0 Å². The van der Waals surface area contributed by atoms with Gasteiger partial charge in [0.1, 0.15) is 11.6 Å². The van der Waals surface area contributed by atoms with Crippen LogP contribution in [0, 0.1) is 5.92 Å². The van der Waals surface area contributed by atoms with Gasteiger partial charge in [0, 0.05) is 24.7 Å². The Kier molecular flexibility index (Phi) is 4.20. The Morgan fingerprint density at radius 1 is 1.17 bits per heavy atom. The monoisotopic (exact) mass is 247 g/mol. The second-order valence-electron chi connectivity index (χ2n) is 5.90. The van der Waals surface area contributed by atoms with Crippen LogP contribution in [-0.4, -0.2) is 17.0 Å². The Labute approximate surface area is 110 Å². The summed E-state index contributed by atoms with van der Waals surface area (Å²) in [5, 5.41) is 3.16. The lowest BCUT2D eigenvalue weighted by Crippen LogP contribution is -2.15. The molecule has 1 aromatic heterocycles. The fourth-order valence-electron chi connectivity index (χ4n) is 2.61. The lowest BCUT2D eigenvalue weighted by molar-refractivity contribution is 0.339. The number of nitrogens with one attached hydrogen (secondary N) is 1. The molecule has 1 N–H and O–H groups in total. The van der Waals surface area contributed by atoms with Crippen LogP contribution in [-0.2, 0) is 0 Å². The first kappa shape index (κ1) is 13.3. The first-order valence-electron chi connectivity index (χ1n) is 7.16. The summed E-state index contributed by atoms with van der Waals surface area (Å²) >= 11 is 0. The third-order valence-electron chi connectivity index (χ3n) is 3.99. The van der Waals surface area contributed by atoms with E-state index in [1.54, 1.807) is 0 Å². The normalized spacial score (nSPS) is 24.3. The van der Waals surface area contributed by atoms with E-state index in [0.717, 1.165) is 23.3 Å². The summed E-state index contributed by atoms with van der Waals surface area (Å²) in [6, 6.07) is 2.07. The molecule has 0 atom stereocenters. The Bertz CT molecular complexity index is 393. The highest BCUT2D eigenvalue weighted by atomic mass is 15.0. The van der Waals surface area contributed by atoms with Gasteiger partial charge in [-0.15, -0.1) is 0 Å². The zero-order valence-corrected chi connectivity index (χ0v) is 12.0. The molecule has 0 spiro atoms. The van der Waals surface area contributed by atoms with Crippen molar-refractivity contribution in [2.75, 3.05) is 12.4 Å². The third-order valence-corrected chi connectivity index (χ3v) is 3.99. The average molecular weight is 247 g/mol. The first-order chi connectivity index (χ1) is 8.60. The van der Waals surface area contributed by atoms with Crippen molar-refractivity contribution in [3.8, 4) is 0 Å². The van der Waals surface area contributed by atoms with Crippen LogP contribution in [0.15, 0.2) is 6.07 Å². The highest BCUT2D eigenvalue weighted by Gasteiger charge is 2.23. The van der Waals surface area contributed by atoms with Gasteiger partial charge in [0.15, 0.2) is 0 Å². The molecule has 0 saturated heterocycles. The molecule has 3 heteroatoms. The lowest BCUT2D eigenvalue weighted by Gasteiger charge is -2.25. The van der Waals surface area contributed by atoms with E-state index < -0.39 is 0 Å². The van der Waals surface area contributed by atoms with Gasteiger partial charge in [0.05, 0.1) is 0 Å². The molecule has 1 heterocycles. The zero-order valence-electron chi connectivity index (χ0n) is 12.0. The zero-order chi connectivity index (χ0) is 13.1. The lowest BCUT2D eigenvalue weighted by atomic mass is 9.82. The standard InChI is InChI=1S/C15H25N3/c1-10(2)13-9-14(16-4)18-15(17-13)12-7-5-11(3)6-8-12/h9-12H,5-8H2,1-4H3,(H,16,17,18). The largest absolute Gasteiger partial charge is 0.373 e. The first-order valence-corrected chi connectivity index (χ1v) is 7.16. The average Bonchev–Trinajstić information content (AvgIpc) is 2.39. The van der Waals surface area contributed by atoms with Gasteiger partial charge >= 0.3 is 0 Å². The summed E-state index contributed by atoms with van der Waals surface area (Å²) in [7, 11) is 1.93. The fraction of sp³-hybridized carbons (Fsp3) is 0.733. The van der Waals surface area contributed by atoms with E-state index in [1.165, 1.54) is 25.7 Å². The number of aromatic nitrogens is 2. The van der Waals surface area contributed by atoms with Crippen molar-refractivity contribution in [3.05, 3.63) is 17.6 Å². The summed E-state index contributed by atoms with van der Waals surface area (Å²) in [6.45, 7) is 6.73. The molecule has 1 saturated carbocycles. The maximum absolute atomic E-state index is 4.78. The molecule has 0 aromatic carbocycles. The van der Waals surface area contributed by atoms with Gasteiger partial charge in [0.2, 0.25) is 0 Å². The summed E-state index contributed by atoms with van der Waals surface area (Å²) in [5.41, 5.74) is 1.16. The van der Waals surface area contributed by atoms with Crippen molar-refractivity contribution in [1.82, 2.24) is 9.97 Å². The summed E-state index contributed by atoms with van der Waals surface area (Å²) in [6.07, 6.45) is 5.11. The van der Waals surface area contributed by atoms with Crippen LogP contribution in [0.3, 0.4) is 0 Å². The predicted molar refractivity (Wildman–Crippen MR) is 76.0 cm³/mol. The Morgan fingerprint density at radius 3 is 2.39 bits per heavy atom. The van der Waals surface area contributed by atoms with Gasteiger partial charge in [-0.05, 0) is 24.7 Å². The van der Waals surface area contributed by atoms with Crippen LogP contribution in [0.1, 0.15) is 69.8 Å². The number of nitrogens with zero attached hydrogens (tertiary/aromatic N) is 2. The van der Waals surface area contributed by atoms with Crippen molar-refractivity contribution in [3.63, 3.8) is 0 Å². The molecule has 1 aliphatic rings. The van der Waals surface area contributed by atoms with Crippen molar-refractivity contribution in [2.24, 2.45) is 5.92 Å². The Balaban J connectivity index is 2.23. The van der Waals surface area contributed by atoms with E-state index in [0.29, 0.717) is 11.8 Å². The number of hydrogen-bond acceptors (Lipinski definition) is 3. The van der Waals surface area contributed by atoms with Crippen LogP contribution in [0.25, 0.3) is 0 Å². The molecule has 0 unspecified atom stereocenters. The topological polar surface area (TPSA) is 37.8 Å². The SMILES string of the molecule is CNc1cc(C(C)C)nc(C2CCC(C)CC2)n1. The second kappa shape index (κ2) is 5.68. The smallest absolute Gasteiger partial charge is 0.134 e. The third kappa shape index (κ3) is 3.01. The van der Waals surface area contributed by atoms with Crippen molar-refractivity contribution in [1.29, 1.82) is 0 Å². The van der Waals surface area contributed by atoms with Gasteiger partial charge in [-0.3, -0.25) is 0 Å². The maximum atomic E-state index is 4.78. The minimum absolute atomic E-state index is 0.460. The van der Waals surface area contributed by atoms with Gasteiger partial charge in [-0.2, -0.15) is 0 Å². The minimum Gasteiger partial charge on any atom is -0.373 e. The second-order valence-corrected chi connectivity index (χ2v) is 5.90. The van der Waals surface area contributed by atoms with Crippen molar-refractivity contribution in [2.45, 2.75) is 58.3 Å². The summed E-state index contributed by atoms with van der Waals surface area (Å²) < 4.78 is 0. The molecule has 0 radical (unpaired) electrons. The molecule has 0 bridgehead atoms. The van der Waals surface area contributed by atoms with Crippen LogP contribution in [0.5, 0.6) is 0 Å². The van der Waals surface area contributed by atoms with E-state index in [1.807, 2.05) is 7.05 Å². The Hall–Kier alpha value is -1.12. The molecule has 2 rings (SSSR count). The number of hydrogen-bond donors (Lipinski definition) is 1. The fourth-order valence-corrected chi connectivity index (χ4v) is 2.61. The predicted octanol–water partition coefficient (Wildman–Crippen LogP) is 3.94. The number of rotatable bonds is 3. The maximum Gasteiger partial charge on any atom is 0.134 e. The van der Waals surface area contributed by atoms with E-state index in [-0.39, 0.29) is 0 Å². The van der Waals surface area contributed by atoms with Gasteiger partial charge in [-0.25, -0.2) is 9.97 Å². The molecular formula is C15H25N3. The van der Waals surface area contributed by atoms with Crippen LogP contribution in [0.2, 0.25) is 0 Å². The quantitative estimate of drug-likeness (QED) is 0.879. The molecular weight excluding hydrogens is 222 g/mol. The van der Waals surface area contributed by atoms with E-state index >= 15 is 0 Å². The van der Waals surface area contributed by atoms with E-state index in [4.69, 9.17) is 4.98 Å². The van der Waals surface area contributed by atoms with Gasteiger partial charge < -0.3 is 5.32 Å². The summed E-state index contributed by atoms with van der Waals surface area (Å²) in [5.74, 6) is 3.91. The molecule has 1 aliphatic carbocycles. The summed E-state index contributed by atoms with van der Waals surface area (Å²) in [4.78, 5) is 9.44. The van der Waals surface area contributed by atoms with E-state index in [2.05, 4.69) is 37.1 Å². The van der Waals surface area contributed by atoms with Crippen LogP contribution < -0.4 is 5.32 Å². The molecule has 0 aliphatic heterocycles. The molecule has 100 valence electrons. The van der Waals surface area contributed by atoms with Crippen LogP contribution in [0.4, 0.5) is 5.82 Å². The van der Waals surface area contributed by atoms with E-state index in [9.17, 15) is 0 Å². The molecule has 18 heavy (non-hydrogen) atoms. The Morgan fingerprint density at radius 2 is 1.83 bits per heavy atom.